The number of para-hydroxylation sites is 2. The van der Waals surface area contributed by atoms with Crippen LogP contribution in [0.25, 0.3) is 11.0 Å². The first-order valence-electron chi connectivity index (χ1n) is 12.6. The Morgan fingerprint density at radius 3 is 2.03 bits per heavy atom. The van der Waals surface area contributed by atoms with Crippen molar-refractivity contribution >= 4 is 23.4 Å². The molecule has 1 aliphatic carbocycles. The highest BCUT2D eigenvalue weighted by Gasteiger charge is 2.30. The van der Waals surface area contributed by atoms with Crippen LogP contribution in [0.15, 0.2) is 77.6 Å². The highest BCUT2D eigenvalue weighted by atomic mass is 35.5. The Morgan fingerprint density at radius 1 is 0.743 bits per heavy atom. The van der Waals surface area contributed by atoms with Crippen LogP contribution in [0.2, 0.25) is 0 Å². The lowest BCUT2D eigenvalue weighted by Crippen LogP contribution is -2.48. The van der Waals surface area contributed by atoms with Gasteiger partial charge in [-0.05, 0) is 60.2 Å². The number of H-pyrrole nitrogens is 1. The van der Waals surface area contributed by atoms with E-state index in [1.807, 2.05) is 28.8 Å². The standard InChI is InChI=1S/C29H32N4O.ClH/c34-29-30-26-12-5-6-13-27(26)33(29)17-7-16-31-18-20-32(21-19-31)28-24-10-3-1-8-22(24)14-15-23-9-2-4-11-25(23)28;/h1-6,8-13,28H,7,14-21H2,(H,30,34);1H. The number of nitrogens with zero attached hydrogens (tertiary/aromatic N) is 3. The van der Waals surface area contributed by atoms with Crippen LogP contribution in [0.1, 0.15) is 34.7 Å². The van der Waals surface area contributed by atoms with E-state index in [4.69, 9.17) is 0 Å². The molecule has 0 amide bonds. The Bertz CT molecular complexity index is 1300. The van der Waals surface area contributed by atoms with Crippen molar-refractivity contribution in [2.75, 3.05) is 32.7 Å². The van der Waals surface area contributed by atoms with E-state index in [9.17, 15) is 4.79 Å². The van der Waals surface area contributed by atoms with E-state index in [0.717, 1.165) is 69.6 Å². The molecule has 35 heavy (non-hydrogen) atoms. The predicted octanol–water partition coefficient (Wildman–Crippen LogP) is 4.65. The number of halogens is 1. The fraction of sp³-hybridized carbons (Fsp3) is 0.345. The molecule has 1 saturated heterocycles. The first-order valence-corrected chi connectivity index (χ1v) is 12.6. The van der Waals surface area contributed by atoms with Crippen LogP contribution in [0.3, 0.4) is 0 Å². The zero-order valence-electron chi connectivity index (χ0n) is 20.0. The third-order valence-corrected chi connectivity index (χ3v) is 7.67. The summed E-state index contributed by atoms with van der Waals surface area (Å²) >= 11 is 0. The molecular weight excluding hydrogens is 456 g/mol. The monoisotopic (exact) mass is 488 g/mol. The topological polar surface area (TPSA) is 44.3 Å². The van der Waals surface area contributed by atoms with E-state index in [-0.39, 0.29) is 18.1 Å². The molecular formula is C29H33ClN4O. The van der Waals surface area contributed by atoms with Gasteiger partial charge < -0.3 is 9.88 Å². The summed E-state index contributed by atoms with van der Waals surface area (Å²) in [5.41, 5.74) is 7.88. The van der Waals surface area contributed by atoms with Gasteiger partial charge in [0.25, 0.3) is 0 Å². The zero-order valence-corrected chi connectivity index (χ0v) is 20.8. The van der Waals surface area contributed by atoms with Crippen LogP contribution < -0.4 is 5.69 Å². The molecule has 4 aromatic rings. The van der Waals surface area contributed by atoms with E-state index in [1.54, 1.807) is 0 Å². The van der Waals surface area contributed by atoms with Crippen LogP contribution in [-0.2, 0) is 19.4 Å². The van der Waals surface area contributed by atoms with Gasteiger partial charge in [0.1, 0.15) is 0 Å². The smallest absolute Gasteiger partial charge is 0.306 e. The Morgan fingerprint density at radius 2 is 1.34 bits per heavy atom. The normalized spacial score (nSPS) is 16.9. The summed E-state index contributed by atoms with van der Waals surface area (Å²) < 4.78 is 1.88. The second-order valence-corrected chi connectivity index (χ2v) is 9.63. The minimum atomic E-state index is -0.00304. The van der Waals surface area contributed by atoms with Gasteiger partial charge in [0.2, 0.25) is 0 Å². The number of benzene rings is 3. The molecule has 1 N–H and O–H groups in total. The first kappa shape index (κ1) is 23.9. The highest BCUT2D eigenvalue weighted by molar-refractivity contribution is 5.85. The van der Waals surface area contributed by atoms with Gasteiger partial charge in [-0.1, -0.05) is 60.7 Å². The summed E-state index contributed by atoms with van der Waals surface area (Å²) in [6.07, 6.45) is 3.23. The molecule has 0 unspecified atom stereocenters. The molecule has 6 heteroatoms. The van der Waals surface area contributed by atoms with E-state index in [0.29, 0.717) is 6.04 Å². The lowest BCUT2D eigenvalue weighted by molar-refractivity contribution is 0.107. The number of imidazole rings is 1. The fourth-order valence-corrected chi connectivity index (χ4v) is 5.91. The largest absolute Gasteiger partial charge is 0.326 e. The van der Waals surface area contributed by atoms with Crippen LogP contribution in [0.5, 0.6) is 0 Å². The van der Waals surface area contributed by atoms with E-state index < -0.39 is 0 Å². The van der Waals surface area contributed by atoms with Crippen LogP contribution >= 0.6 is 12.4 Å². The number of piperazine rings is 1. The predicted molar refractivity (Wildman–Crippen MR) is 145 cm³/mol. The lowest BCUT2D eigenvalue weighted by atomic mass is 9.92. The number of aromatic amines is 1. The average Bonchev–Trinajstić information content (AvgIpc) is 3.09. The third-order valence-electron chi connectivity index (χ3n) is 7.67. The molecule has 0 bridgehead atoms. The molecule has 0 saturated carbocycles. The second-order valence-electron chi connectivity index (χ2n) is 9.63. The van der Waals surface area contributed by atoms with Crippen LogP contribution in [0, 0.1) is 0 Å². The van der Waals surface area contributed by atoms with Crippen molar-refractivity contribution in [2.45, 2.75) is 31.8 Å². The quantitative estimate of drug-likeness (QED) is 0.445. The summed E-state index contributed by atoms with van der Waals surface area (Å²) in [6, 6.07) is 26.4. The van der Waals surface area contributed by atoms with E-state index in [1.165, 1.54) is 22.3 Å². The number of nitrogens with one attached hydrogen (secondary N) is 1. The van der Waals surface area contributed by atoms with Gasteiger partial charge in [-0.2, -0.15) is 0 Å². The summed E-state index contributed by atoms with van der Waals surface area (Å²) in [4.78, 5) is 20.6. The van der Waals surface area contributed by atoms with Crippen molar-refractivity contribution in [1.82, 2.24) is 19.4 Å². The van der Waals surface area contributed by atoms with Crippen molar-refractivity contribution in [3.8, 4) is 0 Å². The van der Waals surface area contributed by atoms with Gasteiger partial charge in [0.15, 0.2) is 0 Å². The average molecular weight is 489 g/mol. The van der Waals surface area contributed by atoms with Crippen molar-refractivity contribution in [3.63, 3.8) is 0 Å². The zero-order chi connectivity index (χ0) is 22.9. The van der Waals surface area contributed by atoms with Crippen molar-refractivity contribution in [1.29, 1.82) is 0 Å². The van der Waals surface area contributed by atoms with Crippen molar-refractivity contribution < 1.29 is 0 Å². The molecule has 1 fully saturated rings. The van der Waals surface area contributed by atoms with Crippen LogP contribution in [0.4, 0.5) is 0 Å². The van der Waals surface area contributed by atoms with Crippen molar-refractivity contribution in [2.24, 2.45) is 0 Å². The third kappa shape index (κ3) is 4.68. The minimum absolute atomic E-state index is 0. The first-order chi connectivity index (χ1) is 16.8. The maximum atomic E-state index is 12.4. The molecule has 182 valence electrons. The van der Waals surface area contributed by atoms with Gasteiger partial charge in [0.05, 0.1) is 17.1 Å². The van der Waals surface area contributed by atoms with Gasteiger partial charge in [-0.25, -0.2) is 4.79 Å². The SMILES string of the molecule is Cl.O=c1[nH]c2ccccc2n1CCCN1CCN(C2c3ccccc3CCc3ccccc32)CC1. The molecule has 0 spiro atoms. The maximum absolute atomic E-state index is 12.4. The number of rotatable bonds is 5. The lowest BCUT2D eigenvalue weighted by Gasteiger charge is -2.40. The molecule has 1 aromatic heterocycles. The summed E-state index contributed by atoms with van der Waals surface area (Å²) in [6.45, 7) is 6.07. The molecule has 2 aliphatic rings. The number of hydrogen-bond acceptors (Lipinski definition) is 3. The van der Waals surface area contributed by atoms with E-state index >= 15 is 0 Å². The number of hydrogen-bond donors (Lipinski definition) is 1. The Labute approximate surface area is 212 Å². The molecule has 0 radical (unpaired) electrons. The van der Waals surface area contributed by atoms with Gasteiger partial charge in [-0.3, -0.25) is 9.47 Å². The van der Waals surface area contributed by atoms with Gasteiger partial charge in [-0.15, -0.1) is 12.4 Å². The molecule has 5 nitrogen and oxygen atoms in total. The van der Waals surface area contributed by atoms with Gasteiger partial charge in [0, 0.05) is 32.7 Å². The van der Waals surface area contributed by atoms with Crippen molar-refractivity contribution in [3.05, 3.63) is 106 Å². The summed E-state index contributed by atoms with van der Waals surface area (Å²) in [5, 5.41) is 0. The summed E-state index contributed by atoms with van der Waals surface area (Å²) in [7, 11) is 0. The highest BCUT2D eigenvalue weighted by Crippen LogP contribution is 2.37. The van der Waals surface area contributed by atoms with Gasteiger partial charge >= 0.3 is 5.69 Å². The molecule has 2 heterocycles. The Hall–Kier alpha value is -2.86. The second kappa shape index (κ2) is 10.4. The van der Waals surface area contributed by atoms with E-state index in [2.05, 4.69) is 63.3 Å². The fourth-order valence-electron chi connectivity index (χ4n) is 5.91. The minimum Gasteiger partial charge on any atom is -0.306 e. The molecule has 3 aromatic carbocycles. The molecule has 1 aliphatic heterocycles. The Balaban J connectivity index is 0.00000253. The summed E-state index contributed by atoms with van der Waals surface area (Å²) in [5.74, 6) is 0. The maximum Gasteiger partial charge on any atom is 0.326 e. The number of aryl methyl sites for hydroxylation is 3. The molecule has 0 atom stereocenters. The number of fused-ring (bicyclic) bond motifs is 3. The number of aromatic nitrogens is 2. The Kier molecular flexibility index (Phi) is 7.09. The van der Waals surface area contributed by atoms with Crippen LogP contribution in [-0.4, -0.2) is 52.1 Å². The molecule has 6 rings (SSSR count).